The number of aromatic nitrogens is 1. The number of carbonyl (C=O) groups is 1. The van der Waals surface area contributed by atoms with Crippen LogP contribution in [0, 0.1) is 17.0 Å². The lowest BCUT2D eigenvalue weighted by Gasteiger charge is -2.15. The van der Waals surface area contributed by atoms with Gasteiger partial charge in [0.1, 0.15) is 5.69 Å². The fourth-order valence-electron chi connectivity index (χ4n) is 2.08. The average molecular weight is 316 g/mol. The highest BCUT2D eigenvalue weighted by atomic mass is 16.6. The fraction of sp³-hybridized carbons (Fsp3) is 0.250. The second-order valence-corrected chi connectivity index (χ2v) is 5.00. The van der Waals surface area contributed by atoms with Crippen LogP contribution in [0.5, 0.6) is 5.75 Å². The van der Waals surface area contributed by atoms with Crippen molar-refractivity contribution in [3.63, 3.8) is 0 Å². The van der Waals surface area contributed by atoms with Gasteiger partial charge in [0.05, 0.1) is 0 Å². The lowest BCUT2D eigenvalue weighted by molar-refractivity contribution is -0.390. The minimum absolute atomic E-state index is 0.138. The van der Waals surface area contributed by atoms with Gasteiger partial charge in [0.15, 0.2) is 6.10 Å². The van der Waals surface area contributed by atoms with Crippen molar-refractivity contribution < 1.29 is 19.6 Å². The van der Waals surface area contributed by atoms with Crippen molar-refractivity contribution in [3.8, 4) is 5.75 Å². The number of nitro groups is 1. The van der Waals surface area contributed by atoms with Gasteiger partial charge in [0.2, 0.25) is 5.75 Å². The molecule has 2 aromatic rings. The van der Waals surface area contributed by atoms with Crippen LogP contribution in [0.15, 0.2) is 42.5 Å². The van der Waals surface area contributed by atoms with Crippen molar-refractivity contribution in [2.75, 3.05) is 0 Å². The molecule has 7 nitrogen and oxygen atoms in total. The maximum absolute atomic E-state index is 11.4. The van der Waals surface area contributed by atoms with E-state index in [0.717, 1.165) is 5.56 Å². The molecule has 1 aromatic heterocycles. The van der Waals surface area contributed by atoms with E-state index >= 15 is 0 Å². The summed E-state index contributed by atoms with van der Waals surface area (Å²) in [7, 11) is 0. The molecule has 1 unspecified atom stereocenters. The Balaban J connectivity index is 2.14. The Kier molecular flexibility index (Phi) is 5.24. The van der Waals surface area contributed by atoms with Gasteiger partial charge in [0.25, 0.3) is 0 Å². The Morgan fingerprint density at radius 2 is 2.00 bits per heavy atom. The van der Waals surface area contributed by atoms with E-state index in [-0.39, 0.29) is 12.2 Å². The molecule has 7 heteroatoms. The van der Waals surface area contributed by atoms with Gasteiger partial charge in [-0.15, -0.1) is 0 Å². The minimum Gasteiger partial charge on any atom is -0.479 e. The number of rotatable bonds is 7. The molecule has 0 amide bonds. The summed E-state index contributed by atoms with van der Waals surface area (Å²) in [6, 6.07) is 12.3. The third-order valence-corrected chi connectivity index (χ3v) is 3.23. The third kappa shape index (κ3) is 4.50. The van der Waals surface area contributed by atoms with Crippen LogP contribution < -0.4 is 4.74 Å². The predicted octanol–water partition coefficient (Wildman–Crippen LogP) is 2.76. The molecule has 1 heterocycles. The summed E-state index contributed by atoms with van der Waals surface area (Å²) in [4.78, 5) is 25.5. The first-order chi connectivity index (χ1) is 11.0. The van der Waals surface area contributed by atoms with Crippen molar-refractivity contribution >= 4 is 11.8 Å². The molecule has 0 aliphatic carbocycles. The van der Waals surface area contributed by atoms with Gasteiger partial charge < -0.3 is 20.0 Å². The molecule has 1 aromatic carbocycles. The number of hydrogen-bond donors (Lipinski definition) is 1. The van der Waals surface area contributed by atoms with E-state index in [1.807, 2.05) is 30.3 Å². The summed E-state index contributed by atoms with van der Waals surface area (Å²) in [6.45, 7) is 1.61. The predicted molar refractivity (Wildman–Crippen MR) is 82.4 cm³/mol. The molecule has 120 valence electrons. The maximum atomic E-state index is 11.4. The number of nitrogens with zero attached hydrogens (tertiary/aromatic N) is 2. The normalized spacial score (nSPS) is 11.7. The van der Waals surface area contributed by atoms with Gasteiger partial charge in [-0.25, -0.2) is 4.79 Å². The quantitative estimate of drug-likeness (QED) is 0.622. The standard InChI is InChI=1S/C16H16N2O5/c1-11-7-9-13(15(17-11)18(21)22)23-14(16(19)20)10-8-12-5-3-2-4-6-12/h2-7,9,14H,8,10H2,1H3,(H,19,20). The number of ether oxygens (including phenoxy) is 1. The Hall–Kier alpha value is -2.96. The van der Waals surface area contributed by atoms with E-state index in [1.54, 1.807) is 13.0 Å². The van der Waals surface area contributed by atoms with Crippen LogP contribution in [-0.2, 0) is 11.2 Å². The number of aryl methyl sites for hydroxylation is 2. The molecular weight excluding hydrogens is 300 g/mol. The topological polar surface area (TPSA) is 103 Å². The molecule has 1 N–H and O–H groups in total. The summed E-state index contributed by atoms with van der Waals surface area (Å²) >= 11 is 0. The highest BCUT2D eigenvalue weighted by Gasteiger charge is 2.25. The molecule has 0 spiro atoms. The molecule has 0 aliphatic rings. The third-order valence-electron chi connectivity index (χ3n) is 3.23. The van der Waals surface area contributed by atoms with Crippen molar-refractivity contribution in [1.82, 2.24) is 4.98 Å². The Bertz CT molecular complexity index is 703. The van der Waals surface area contributed by atoms with E-state index in [9.17, 15) is 20.0 Å². The van der Waals surface area contributed by atoms with Gasteiger partial charge >= 0.3 is 11.8 Å². The molecule has 0 aliphatic heterocycles. The van der Waals surface area contributed by atoms with E-state index in [2.05, 4.69) is 4.98 Å². The second-order valence-electron chi connectivity index (χ2n) is 5.00. The zero-order valence-electron chi connectivity index (χ0n) is 12.5. The minimum atomic E-state index is -1.18. The number of aliphatic carboxylic acids is 1. The Labute approximate surface area is 132 Å². The first-order valence-electron chi connectivity index (χ1n) is 7.03. The molecule has 0 saturated heterocycles. The van der Waals surface area contributed by atoms with Crippen molar-refractivity contribution in [2.45, 2.75) is 25.9 Å². The van der Waals surface area contributed by atoms with Crippen LogP contribution in [0.3, 0.4) is 0 Å². The van der Waals surface area contributed by atoms with E-state index in [4.69, 9.17) is 4.74 Å². The molecule has 0 radical (unpaired) electrons. The molecule has 2 rings (SSSR count). The molecule has 0 fully saturated rings. The fourth-order valence-corrected chi connectivity index (χ4v) is 2.08. The van der Waals surface area contributed by atoms with Gasteiger partial charge in [0, 0.05) is 6.92 Å². The second kappa shape index (κ2) is 7.35. The first kappa shape index (κ1) is 16.4. The van der Waals surface area contributed by atoms with Gasteiger partial charge in [-0.05, 0) is 40.4 Å². The monoisotopic (exact) mass is 316 g/mol. The molecule has 0 bridgehead atoms. The average Bonchev–Trinajstić information content (AvgIpc) is 2.53. The van der Waals surface area contributed by atoms with Crippen LogP contribution in [-0.4, -0.2) is 27.1 Å². The first-order valence-corrected chi connectivity index (χ1v) is 7.03. The highest BCUT2D eigenvalue weighted by Crippen LogP contribution is 2.26. The Morgan fingerprint density at radius 1 is 1.30 bits per heavy atom. The van der Waals surface area contributed by atoms with E-state index in [0.29, 0.717) is 12.1 Å². The van der Waals surface area contributed by atoms with Gasteiger partial charge in [-0.2, -0.15) is 0 Å². The molecule has 23 heavy (non-hydrogen) atoms. The Morgan fingerprint density at radius 3 is 2.61 bits per heavy atom. The van der Waals surface area contributed by atoms with Gasteiger partial charge in [-0.1, -0.05) is 30.3 Å². The number of carboxylic acids is 1. The van der Waals surface area contributed by atoms with Gasteiger partial charge in [-0.3, -0.25) is 0 Å². The van der Waals surface area contributed by atoms with Crippen LogP contribution >= 0.6 is 0 Å². The van der Waals surface area contributed by atoms with Crippen LogP contribution in [0.1, 0.15) is 17.7 Å². The maximum Gasteiger partial charge on any atom is 0.406 e. The molecule has 1 atom stereocenters. The lowest BCUT2D eigenvalue weighted by Crippen LogP contribution is -2.28. The summed E-state index contributed by atoms with van der Waals surface area (Å²) < 4.78 is 5.34. The van der Waals surface area contributed by atoms with Crippen LogP contribution in [0.2, 0.25) is 0 Å². The number of pyridine rings is 1. The summed E-state index contributed by atoms with van der Waals surface area (Å²) in [5.74, 6) is -1.78. The molecular formula is C16H16N2O5. The van der Waals surface area contributed by atoms with Crippen molar-refractivity contribution in [2.24, 2.45) is 0 Å². The smallest absolute Gasteiger partial charge is 0.406 e. The zero-order valence-corrected chi connectivity index (χ0v) is 12.5. The van der Waals surface area contributed by atoms with Crippen LogP contribution in [0.4, 0.5) is 5.82 Å². The summed E-state index contributed by atoms with van der Waals surface area (Å²) in [6.07, 6.45) is -0.492. The zero-order chi connectivity index (χ0) is 16.8. The highest BCUT2D eigenvalue weighted by molar-refractivity contribution is 5.73. The van der Waals surface area contributed by atoms with Crippen molar-refractivity contribution in [1.29, 1.82) is 0 Å². The SMILES string of the molecule is Cc1ccc(OC(CCc2ccccc2)C(=O)O)c([N+](=O)[O-])n1. The lowest BCUT2D eigenvalue weighted by atomic mass is 10.1. The number of benzene rings is 1. The van der Waals surface area contributed by atoms with E-state index < -0.39 is 22.8 Å². The van der Waals surface area contributed by atoms with E-state index in [1.165, 1.54) is 6.07 Å². The largest absolute Gasteiger partial charge is 0.479 e. The van der Waals surface area contributed by atoms with Crippen LogP contribution in [0.25, 0.3) is 0 Å². The number of hydrogen-bond acceptors (Lipinski definition) is 5. The molecule has 0 saturated carbocycles. The van der Waals surface area contributed by atoms with Crippen molar-refractivity contribution in [3.05, 3.63) is 63.8 Å². The summed E-state index contributed by atoms with van der Waals surface area (Å²) in [5, 5.41) is 20.3. The summed E-state index contributed by atoms with van der Waals surface area (Å²) in [5.41, 5.74) is 1.43. The number of carboxylic acid groups (broad SMARTS) is 1.